The predicted molar refractivity (Wildman–Crippen MR) is 68.6 cm³/mol. The van der Waals surface area contributed by atoms with Gasteiger partial charge in [-0.1, -0.05) is 13.0 Å². The highest BCUT2D eigenvalue weighted by Crippen LogP contribution is 2.36. The van der Waals surface area contributed by atoms with Crippen LogP contribution in [0.25, 0.3) is 10.9 Å². The normalized spacial score (nSPS) is 12.0. The molecule has 0 amide bonds. The average molecular weight is 285 g/mol. The Morgan fingerprint density at radius 3 is 2.60 bits per heavy atom. The summed E-state index contributed by atoms with van der Waals surface area (Å²) < 4.78 is 39.0. The van der Waals surface area contributed by atoms with Gasteiger partial charge in [0, 0.05) is 17.3 Å². The summed E-state index contributed by atoms with van der Waals surface area (Å²) >= 11 is 0. The number of halogens is 3. The van der Waals surface area contributed by atoms with Crippen LogP contribution in [0.3, 0.4) is 0 Å². The Bertz CT molecular complexity index is 644. The van der Waals surface area contributed by atoms with Gasteiger partial charge in [0.15, 0.2) is 0 Å². The lowest BCUT2D eigenvalue weighted by molar-refractivity contribution is -0.142. The zero-order valence-corrected chi connectivity index (χ0v) is 10.8. The van der Waals surface area contributed by atoms with Crippen LogP contribution in [0.15, 0.2) is 18.2 Å². The number of nitrogens with one attached hydrogen (secondary N) is 1. The zero-order valence-electron chi connectivity index (χ0n) is 10.8. The molecule has 0 spiro atoms. The van der Waals surface area contributed by atoms with Crippen LogP contribution in [0.5, 0.6) is 0 Å². The monoisotopic (exact) mass is 285 g/mol. The van der Waals surface area contributed by atoms with Gasteiger partial charge in [0.1, 0.15) is 5.69 Å². The first-order chi connectivity index (χ1) is 9.32. The molecule has 2 aromatic rings. The van der Waals surface area contributed by atoms with E-state index in [0.717, 1.165) is 5.56 Å². The number of aromatic amines is 1. The van der Waals surface area contributed by atoms with Gasteiger partial charge in [-0.05, 0) is 36.1 Å². The van der Waals surface area contributed by atoms with Gasteiger partial charge in [-0.3, -0.25) is 4.79 Å². The SMILES string of the molecule is CCc1ccc2[nH]c(C(F)(F)F)c(CCC(=O)O)c2c1. The van der Waals surface area contributed by atoms with E-state index in [0.29, 0.717) is 17.3 Å². The van der Waals surface area contributed by atoms with Crippen molar-refractivity contribution in [3.8, 4) is 0 Å². The number of carbonyl (C=O) groups is 1. The van der Waals surface area contributed by atoms with Crippen molar-refractivity contribution in [2.45, 2.75) is 32.4 Å². The number of hydrogen-bond acceptors (Lipinski definition) is 1. The Morgan fingerprint density at radius 2 is 2.05 bits per heavy atom. The molecule has 2 N–H and O–H groups in total. The summed E-state index contributed by atoms with van der Waals surface area (Å²) in [6, 6.07) is 5.06. The number of hydrogen-bond donors (Lipinski definition) is 2. The summed E-state index contributed by atoms with van der Waals surface area (Å²) in [6.45, 7) is 1.91. The number of alkyl halides is 3. The molecule has 6 heteroatoms. The first-order valence-electron chi connectivity index (χ1n) is 6.25. The Hall–Kier alpha value is -1.98. The molecule has 1 aromatic carbocycles. The second kappa shape index (κ2) is 5.19. The van der Waals surface area contributed by atoms with E-state index < -0.39 is 17.8 Å². The Labute approximate surface area is 113 Å². The number of H-pyrrole nitrogens is 1. The van der Waals surface area contributed by atoms with Crippen LogP contribution in [0.2, 0.25) is 0 Å². The highest BCUT2D eigenvalue weighted by Gasteiger charge is 2.36. The third-order valence-corrected chi connectivity index (χ3v) is 3.25. The number of fused-ring (bicyclic) bond motifs is 1. The van der Waals surface area contributed by atoms with Gasteiger partial charge in [0.25, 0.3) is 0 Å². The average Bonchev–Trinajstić information content (AvgIpc) is 2.73. The lowest BCUT2D eigenvalue weighted by Crippen LogP contribution is -2.10. The molecule has 3 nitrogen and oxygen atoms in total. The van der Waals surface area contributed by atoms with Gasteiger partial charge in [-0.15, -0.1) is 0 Å². The Kier molecular flexibility index (Phi) is 3.74. The fraction of sp³-hybridized carbons (Fsp3) is 0.357. The molecular formula is C14H14F3NO2. The van der Waals surface area contributed by atoms with Crippen molar-refractivity contribution in [1.29, 1.82) is 0 Å². The minimum atomic E-state index is -4.51. The van der Waals surface area contributed by atoms with Crippen LogP contribution in [-0.4, -0.2) is 16.1 Å². The van der Waals surface area contributed by atoms with Crippen molar-refractivity contribution in [3.05, 3.63) is 35.0 Å². The number of carboxylic acid groups (broad SMARTS) is 1. The van der Waals surface area contributed by atoms with Crippen LogP contribution in [-0.2, 0) is 23.8 Å². The maximum absolute atomic E-state index is 13.0. The molecule has 1 heterocycles. The molecule has 0 saturated carbocycles. The third kappa shape index (κ3) is 2.79. The van der Waals surface area contributed by atoms with Crippen LogP contribution in [0, 0.1) is 0 Å². The van der Waals surface area contributed by atoms with Crippen LogP contribution in [0.1, 0.15) is 30.2 Å². The van der Waals surface area contributed by atoms with Crippen LogP contribution >= 0.6 is 0 Å². The highest BCUT2D eigenvalue weighted by molar-refractivity contribution is 5.86. The van der Waals surface area contributed by atoms with Crippen molar-refractivity contribution in [1.82, 2.24) is 4.98 Å². The number of benzene rings is 1. The van der Waals surface area contributed by atoms with Gasteiger partial charge in [-0.25, -0.2) is 0 Å². The summed E-state index contributed by atoms with van der Waals surface area (Å²) in [7, 11) is 0. The maximum Gasteiger partial charge on any atom is 0.431 e. The van der Waals surface area contributed by atoms with Crippen molar-refractivity contribution < 1.29 is 23.1 Å². The highest BCUT2D eigenvalue weighted by atomic mass is 19.4. The molecule has 0 aliphatic carbocycles. The second-order valence-corrected chi connectivity index (χ2v) is 4.60. The number of aliphatic carboxylic acids is 1. The van der Waals surface area contributed by atoms with Gasteiger partial charge in [0.05, 0.1) is 0 Å². The first kappa shape index (κ1) is 14.4. The van der Waals surface area contributed by atoms with Gasteiger partial charge < -0.3 is 10.1 Å². The Balaban J connectivity index is 2.59. The molecule has 108 valence electrons. The summed E-state index contributed by atoms with van der Waals surface area (Å²) in [4.78, 5) is 13.0. The third-order valence-electron chi connectivity index (χ3n) is 3.25. The van der Waals surface area contributed by atoms with E-state index in [2.05, 4.69) is 4.98 Å². The minimum Gasteiger partial charge on any atom is -0.481 e. The Morgan fingerprint density at radius 1 is 1.35 bits per heavy atom. The van der Waals surface area contributed by atoms with Crippen molar-refractivity contribution >= 4 is 16.9 Å². The van der Waals surface area contributed by atoms with Crippen molar-refractivity contribution in [3.63, 3.8) is 0 Å². The number of aryl methyl sites for hydroxylation is 2. The summed E-state index contributed by atoms with van der Waals surface area (Å²) in [6.07, 6.45) is -4.27. The van der Waals surface area contributed by atoms with Gasteiger partial charge >= 0.3 is 12.1 Å². The van der Waals surface area contributed by atoms with Gasteiger partial charge in [0.2, 0.25) is 0 Å². The molecule has 1 aromatic heterocycles. The van der Waals surface area contributed by atoms with E-state index in [1.54, 1.807) is 18.2 Å². The molecule has 0 bridgehead atoms. The molecule has 2 rings (SSSR count). The van der Waals surface area contributed by atoms with Crippen molar-refractivity contribution in [2.75, 3.05) is 0 Å². The summed E-state index contributed by atoms with van der Waals surface area (Å²) in [5.41, 5.74) is 0.490. The van der Waals surface area contributed by atoms with E-state index in [1.807, 2.05) is 6.92 Å². The van der Waals surface area contributed by atoms with Crippen molar-refractivity contribution in [2.24, 2.45) is 0 Å². The molecule has 0 aliphatic heterocycles. The predicted octanol–water partition coefficient (Wildman–Crippen LogP) is 3.77. The molecule has 0 unspecified atom stereocenters. The largest absolute Gasteiger partial charge is 0.481 e. The topological polar surface area (TPSA) is 53.1 Å². The van der Waals surface area contributed by atoms with Gasteiger partial charge in [-0.2, -0.15) is 13.2 Å². The molecular weight excluding hydrogens is 271 g/mol. The molecule has 20 heavy (non-hydrogen) atoms. The number of carboxylic acids is 1. The first-order valence-corrected chi connectivity index (χ1v) is 6.25. The molecule has 0 aliphatic rings. The van der Waals surface area contributed by atoms with E-state index >= 15 is 0 Å². The van der Waals surface area contributed by atoms with E-state index in [-0.39, 0.29) is 18.4 Å². The van der Waals surface area contributed by atoms with Crippen LogP contribution < -0.4 is 0 Å². The standard InChI is InChI=1S/C14H14F3NO2/c1-2-8-3-5-11-10(7-8)9(4-6-12(19)20)13(18-11)14(15,16)17/h3,5,7,18H,2,4,6H2,1H3,(H,19,20). The smallest absolute Gasteiger partial charge is 0.431 e. The lowest BCUT2D eigenvalue weighted by atomic mass is 10.0. The number of rotatable bonds is 4. The fourth-order valence-electron chi connectivity index (χ4n) is 2.25. The summed E-state index contributed by atoms with van der Waals surface area (Å²) in [5.74, 6) is -1.11. The zero-order chi connectivity index (χ0) is 14.9. The molecule has 0 fully saturated rings. The molecule has 0 saturated heterocycles. The number of aromatic nitrogens is 1. The maximum atomic E-state index is 13.0. The lowest BCUT2D eigenvalue weighted by Gasteiger charge is -2.07. The second-order valence-electron chi connectivity index (χ2n) is 4.60. The molecule has 0 atom stereocenters. The molecule has 0 radical (unpaired) electrons. The quantitative estimate of drug-likeness (QED) is 0.898. The van der Waals surface area contributed by atoms with E-state index in [1.165, 1.54) is 0 Å². The minimum absolute atomic E-state index is 0.0326. The van der Waals surface area contributed by atoms with Crippen LogP contribution in [0.4, 0.5) is 13.2 Å². The van der Waals surface area contributed by atoms with E-state index in [9.17, 15) is 18.0 Å². The fourth-order valence-corrected chi connectivity index (χ4v) is 2.25. The van der Waals surface area contributed by atoms with E-state index in [4.69, 9.17) is 5.11 Å². The summed E-state index contributed by atoms with van der Waals surface area (Å²) in [5, 5.41) is 9.14.